The zero-order valence-electron chi connectivity index (χ0n) is 42.4. The zero-order valence-corrected chi connectivity index (χ0v) is 42.4. The summed E-state index contributed by atoms with van der Waals surface area (Å²) >= 11 is 0. The number of aliphatic imine (C=N–C) groups is 1. The van der Waals surface area contributed by atoms with Gasteiger partial charge in [-0.3, -0.25) is 24.0 Å². The lowest BCUT2D eigenvalue weighted by Crippen LogP contribution is -2.77. The number of phenolic OH excluding ortho intramolecular Hbond substituents is 1. The fraction of sp³-hybridized carbons (Fsp3) is 0.436. The van der Waals surface area contributed by atoms with Gasteiger partial charge in [0.2, 0.25) is 29.8 Å². The predicted octanol–water partition coefficient (Wildman–Crippen LogP) is 2.30. The van der Waals surface area contributed by atoms with Crippen LogP contribution in [0, 0.1) is 0 Å². The molecule has 3 aliphatic heterocycles. The monoisotopic (exact) mass is 1040 g/mol. The number of nitrogens with one attached hydrogen (secondary N) is 7. The van der Waals surface area contributed by atoms with Gasteiger partial charge < -0.3 is 71.3 Å². The van der Waals surface area contributed by atoms with Crippen molar-refractivity contribution in [1.82, 2.24) is 31.9 Å². The van der Waals surface area contributed by atoms with Gasteiger partial charge in [-0.2, -0.15) is 0 Å². The number of aromatic hydroxyl groups is 1. The second-order valence-corrected chi connectivity index (χ2v) is 19.6. The molecule has 1 spiro atoms. The number of hydrogen-bond acceptors (Lipinski definition) is 14. The molecule has 2 fully saturated rings. The highest BCUT2D eigenvalue weighted by atomic mass is 16.5. The minimum Gasteiger partial charge on any atom is -0.504 e. The molecule has 4 aromatic rings. The molecule has 402 valence electrons. The number of rotatable bonds is 23. The molecular formula is C55H65N9O12. The fourth-order valence-electron chi connectivity index (χ4n) is 11.3. The number of para-hydroxylation sites is 1. The summed E-state index contributed by atoms with van der Waals surface area (Å²) in [6, 6.07) is 25.8. The van der Waals surface area contributed by atoms with Crippen LogP contribution in [0.2, 0.25) is 0 Å². The molecule has 9 N–H and O–H groups in total. The summed E-state index contributed by atoms with van der Waals surface area (Å²) in [6.45, 7) is 0.598. The summed E-state index contributed by atoms with van der Waals surface area (Å²) in [7, 11) is 1.64. The van der Waals surface area contributed by atoms with E-state index in [1.807, 2.05) is 60.7 Å². The minimum absolute atomic E-state index is 0.0281. The van der Waals surface area contributed by atoms with Crippen LogP contribution in [-0.2, 0) is 45.3 Å². The summed E-state index contributed by atoms with van der Waals surface area (Å²) in [5.74, 6) is -1.07. The highest BCUT2D eigenvalue weighted by Crippen LogP contribution is 2.64. The molecular weight excluding hydrogens is 979 g/mol. The number of carbonyl (C=O) groups is 6. The molecule has 6 atom stereocenters. The Balaban J connectivity index is 0.583. The smallest absolute Gasteiger partial charge is 0.321 e. The Morgan fingerprint density at radius 1 is 0.789 bits per heavy atom. The second-order valence-electron chi connectivity index (χ2n) is 19.6. The third kappa shape index (κ3) is 11.6. The number of benzene rings is 4. The number of benzodiazepines with no additional fused rings is 1. The van der Waals surface area contributed by atoms with E-state index in [0.29, 0.717) is 86.7 Å². The molecule has 7 amide bonds. The predicted molar refractivity (Wildman–Crippen MR) is 279 cm³/mol. The van der Waals surface area contributed by atoms with Crippen molar-refractivity contribution < 1.29 is 57.9 Å². The molecule has 0 radical (unpaired) electrons. The van der Waals surface area contributed by atoms with Gasteiger partial charge in [0.05, 0.1) is 35.0 Å². The largest absolute Gasteiger partial charge is 0.504 e. The van der Waals surface area contributed by atoms with Gasteiger partial charge in [0.25, 0.3) is 5.91 Å². The first-order valence-electron chi connectivity index (χ1n) is 25.9. The molecule has 21 nitrogen and oxygen atoms in total. The topological polar surface area (TPSA) is 280 Å². The third-order valence-electron chi connectivity index (χ3n) is 14.8. The normalized spacial score (nSPS) is 22.6. The number of phenols is 1. The second kappa shape index (κ2) is 24.0. The maximum absolute atomic E-state index is 13.5. The van der Waals surface area contributed by atoms with Crippen molar-refractivity contribution in [2.75, 3.05) is 76.5 Å². The number of urea groups is 1. The molecule has 21 heteroatoms. The van der Waals surface area contributed by atoms with Gasteiger partial charge in [0, 0.05) is 54.6 Å². The molecule has 1 saturated heterocycles. The number of anilines is 2. The van der Waals surface area contributed by atoms with E-state index in [1.165, 1.54) is 4.90 Å². The van der Waals surface area contributed by atoms with Gasteiger partial charge in [-0.1, -0.05) is 73.5 Å². The lowest BCUT2D eigenvalue weighted by Gasteiger charge is -2.61. The van der Waals surface area contributed by atoms with E-state index in [1.54, 1.807) is 37.4 Å². The number of ether oxygens (including phenoxy) is 4. The SMILES string of the molecule is CN1C(=O)[C@H](NC(=O)Nc2cccc(OCCNC(=O)COCC(=O)NCCCCCCNC(=O)COCC(=O)N[C@H]3CC[C@@]4(O)C5Cc6ccc(O)c7c6[C@@]4(CCN5)[C@H]3O7)c2)N=C(c2ccccc2)c2ccccc21. The van der Waals surface area contributed by atoms with Crippen LogP contribution in [-0.4, -0.2) is 148 Å². The van der Waals surface area contributed by atoms with Crippen LogP contribution in [0.15, 0.2) is 96.0 Å². The van der Waals surface area contributed by atoms with E-state index < -0.39 is 53.1 Å². The average Bonchev–Trinajstić information content (AvgIpc) is 3.97. The highest BCUT2D eigenvalue weighted by molar-refractivity contribution is 6.20. The lowest BCUT2D eigenvalue weighted by atomic mass is 9.49. The third-order valence-corrected chi connectivity index (χ3v) is 14.8. The zero-order chi connectivity index (χ0) is 53.2. The van der Waals surface area contributed by atoms with Crippen LogP contribution in [0.3, 0.4) is 0 Å². The van der Waals surface area contributed by atoms with Gasteiger partial charge in [-0.15, -0.1) is 0 Å². The Hall–Kier alpha value is -7.59. The van der Waals surface area contributed by atoms with Crippen LogP contribution in [0.25, 0.3) is 0 Å². The highest BCUT2D eigenvalue weighted by Gasteiger charge is 2.72. The minimum atomic E-state index is -1.20. The van der Waals surface area contributed by atoms with Crippen LogP contribution in [0.1, 0.15) is 67.2 Å². The molecule has 9 rings (SSSR count). The van der Waals surface area contributed by atoms with Crippen molar-refractivity contribution in [3.05, 3.63) is 113 Å². The summed E-state index contributed by atoms with van der Waals surface area (Å²) in [5, 5.41) is 43.0. The van der Waals surface area contributed by atoms with Gasteiger partial charge >= 0.3 is 6.03 Å². The molecule has 2 aliphatic carbocycles. The summed E-state index contributed by atoms with van der Waals surface area (Å²) in [5.41, 5.74) is 3.28. The van der Waals surface area contributed by atoms with Crippen LogP contribution >= 0.6 is 0 Å². The van der Waals surface area contributed by atoms with E-state index in [9.17, 15) is 39.0 Å². The summed E-state index contributed by atoms with van der Waals surface area (Å²) < 4.78 is 22.9. The summed E-state index contributed by atoms with van der Waals surface area (Å²) in [4.78, 5) is 82.9. The number of likely N-dealkylation sites (N-methyl/N-ethyl adjacent to an activating group) is 1. The number of amides is 7. The van der Waals surface area contributed by atoms with Crippen LogP contribution < -0.4 is 51.6 Å². The molecule has 0 aromatic heterocycles. The maximum Gasteiger partial charge on any atom is 0.321 e. The molecule has 4 aromatic carbocycles. The van der Waals surface area contributed by atoms with E-state index >= 15 is 0 Å². The molecule has 1 unspecified atom stereocenters. The van der Waals surface area contributed by atoms with Crippen molar-refractivity contribution in [2.45, 2.75) is 86.7 Å². The number of unbranched alkanes of at least 4 members (excludes halogenated alkanes) is 3. The van der Waals surface area contributed by atoms with Crippen molar-refractivity contribution in [3.63, 3.8) is 0 Å². The average molecular weight is 1040 g/mol. The Labute approximate surface area is 439 Å². The first kappa shape index (κ1) is 53.2. The number of hydrogen-bond donors (Lipinski definition) is 9. The van der Waals surface area contributed by atoms with Crippen LogP contribution in [0.5, 0.6) is 17.2 Å². The standard InChI is InChI=1S/C55H65N9O12/c1-64-40-17-8-7-16-38(40)48(34-12-5-4-6-13-34)62-51(52(64)70)63-53(71)60-36-14-11-15-37(29-36)75-27-26-59-45(68)32-73-30-43(66)57-23-9-2-3-10-24-58-44(67)31-74-33-46(69)61-39-20-21-55(72)42-28-35-18-19-41(65)49-47(35)54(55,22-25-56-42)50(39)76-49/h4-8,11-19,29,39,42,50-51,56,65,72H,2-3,9-10,20-28,30-33H2,1H3,(H,57,66)(H,58,67)(H,59,68)(H,61,69)(H2,60,63,71)/t39-,42?,50-,51-,54-,55+/m0/s1. The lowest BCUT2D eigenvalue weighted by molar-refractivity contribution is -0.161. The number of piperidine rings is 1. The molecule has 5 aliphatic rings. The van der Waals surface area contributed by atoms with E-state index in [2.05, 4.69) is 37.2 Å². The number of aliphatic hydroxyl groups is 1. The molecule has 3 heterocycles. The van der Waals surface area contributed by atoms with Gasteiger partial charge in [0.1, 0.15) is 44.9 Å². The fourth-order valence-corrected chi connectivity index (χ4v) is 11.3. The first-order valence-corrected chi connectivity index (χ1v) is 25.9. The van der Waals surface area contributed by atoms with Crippen molar-refractivity contribution >= 4 is 52.7 Å². The number of carbonyl (C=O) groups excluding carboxylic acids is 6. The van der Waals surface area contributed by atoms with Crippen LogP contribution in [0.4, 0.5) is 16.2 Å². The summed E-state index contributed by atoms with van der Waals surface area (Å²) in [6.07, 6.45) is 3.48. The van der Waals surface area contributed by atoms with Gasteiger partial charge in [-0.05, 0) is 74.9 Å². The Morgan fingerprint density at radius 3 is 2.21 bits per heavy atom. The van der Waals surface area contributed by atoms with Crippen molar-refractivity contribution in [1.29, 1.82) is 0 Å². The Morgan fingerprint density at radius 2 is 1.47 bits per heavy atom. The Kier molecular flexibility index (Phi) is 16.8. The van der Waals surface area contributed by atoms with Crippen molar-refractivity contribution in [3.8, 4) is 17.2 Å². The maximum atomic E-state index is 13.5. The van der Waals surface area contributed by atoms with Gasteiger partial charge in [-0.25, -0.2) is 9.79 Å². The van der Waals surface area contributed by atoms with E-state index in [4.69, 9.17) is 23.9 Å². The van der Waals surface area contributed by atoms with E-state index in [-0.39, 0.29) is 63.2 Å². The number of fused-ring (bicyclic) bond motifs is 1. The van der Waals surface area contributed by atoms with Crippen molar-refractivity contribution in [2.24, 2.45) is 4.99 Å². The number of nitrogens with zero attached hydrogens (tertiary/aromatic N) is 2. The van der Waals surface area contributed by atoms with Gasteiger partial charge in [0.15, 0.2) is 11.5 Å². The quantitative estimate of drug-likeness (QED) is 0.0483. The van der Waals surface area contributed by atoms with E-state index in [0.717, 1.165) is 35.1 Å². The molecule has 76 heavy (non-hydrogen) atoms. The molecule has 1 saturated carbocycles. The first-order chi connectivity index (χ1) is 36.8. The Bertz CT molecular complexity index is 2830. The molecule has 2 bridgehead atoms.